The van der Waals surface area contributed by atoms with Crippen LogP contribution in [0, 0.1) is 13.8 Å². The summed E-state index contributed by atoms with van der Waals surface area (Å²) in [6, 6.07) is 5.51. The Balaban J connectivity index is 2.03. The molecule has 0 amide bonds. The second kappa shape index (κ2) is 6.61. The molecule has 0 aliphatic heterocycles. The molecule has 0 aliphatic carbocycles. The number of nitrogens with one attached hydrogen (secondary N) is 1. The van der Waals surface area contributed by atoms with Crippen LogP contribution in [0.4, 0.5) is 5.82 Å². The molecule has 1 heterocycles. The SMILES string of the molecule is Cc1nc(Cl)c(C)c(NCCc2ccc(Cl)cc2Cl)n1. The van der Waals surface area contributed by atoms with Crippen molar-refractivity contribution in [2.45, 2.75) is 20.3 Å². The number of hydrogen-bond donors (Lipinski definition) is 1. The van der Waals surface area contributed by atoms with Crippen LogP contribution in [0.2, 0.25) is 15.2 Å². The van der Waals surface area contributed by atoms with Crippen LogP contribution < -0.4 is 5.32 Å². The number of hydrogen-bond acceptors (Lipinski definition) is 3. The van der Waals surface area contributed by atoms with E-state index in [-0.39, 0.29) is 0 Å². The van der Waals surface area contributed by atoms with Crippen molar-refractivity contribution in [2.24, 2.45) is 0 Å². The van der Waals surface area contributed by atoms with Crippen molar-refractivity contribution < 1.29 is 0 Å². The maximum absolute atomic E-state index is 6.13. The lowest BCUT2D eigenvalue weighted by atomic mass is 10.1. The van der Waals surface area contributed by atoms with Crippen LogP contribution in [0.3, 0.4) is 0 Å². The molecular formula is C14H14Cl3N3. The van der Waals surface area contributed by atoms with Gasteiger partial charge in [0, 0.05) is 22.2 Å². The zero-order valence-corrected chi connectivity index (χ0v) is 13.4. The van der Waals surface area contributed by atoms with Crippen LogP contribution in [-0.4, -0.2) is 16.5 Å². The van der Waals surface area contributed by atoms with Gasteiger partial charge in [-0.15, -0.1) is 0 Å². The van der Waals surface area contributed by atoms with Crippen LogP contribution in [0.1, 0.15) is 17.0 Å². The van der Waals surface area contributed by atoms with Crippen LogP contribution in [0.15, 0.2) is 18.2 Å². The first-order chi connectivity index (χ1) is 9.47. The van der Waals surface area contributed by atoms with Gasteiger partial charge in [0.25, 0.3) is 0 Å². The van der Waals surface area contributed by atoms with Crippen LogP contribution >= 0.6 is 34.8 Å². The zero-order valence-electron chi connectivity index (χ0n) is 11.2. The highest BCUT2D eigenvalue weighted by Crippen LogP contribution is 2.22. The number of anilines is 1. The molecule has 0 radical (unpaired) electrons. The van der Waals surface area contributed by atoms with Gasteiger partial charge < -0.3 is 5.32 Å². The summed E-state index contributed by atoms with van der Waals surface area (Å²) in [5.74, 6) is 1.40. The van der Waals surface area contributed by atoms with E-state index in [1.165, 1.54) is 0 Å². The number of benzene rings is 1. The topological polar surface area (TPSA) is 37.8 Å². The molecule has 0 atom stereocenters. The number of halogens is 3. The molecule has 0 unspecified atom stereocenters. The smallest absolute Gasteiger partial charge is 0.137 e. The van der Waals surface area contributed by atoms with Gasteiger partial charge in [0.2, 0.25) is 0 Å². The Bertz CT molecular complexity index is 629. The lowest BCUT2D eigenvalue weighted by Crippen LogP contribution is -2.09. The third-order valence-corrected chi connectivity index (χ3v) is 3.86. The van der Waals surface area contributed by atoms with Gasteiger partial charge in [-0.3, -0.25) is 0 Å². The first-order valence-corrected chi connectivity index (χ1v) is 7.29. The van der Waals surface area contributed by atoms with Crippen molar-refractivity contribution in [3.63, 3.8) is 0 Å². The summed E-state index contributed by atoms with van der Waals surface area (Å²) in [5.41, 5.74) is 1.89. The molecule has 0 saturated carbocycles. The standard InChI is InChI=1S/C14H14Cl3N3/c1-8-13(17)19-9(2)20-14(8)18-6-5-10-3-4-11(15)7-12(10)16/h3-4,7H,5-6H2,1-2H3,(H,18,19,20). The Morgan fingerprint density at radius 1 is 1.10 bits per heavy atom. The predicted molar refractivity (Wildman–Crippen MR) is 85.2 cm³/mol. The van der Waals surface area contributed by atoms with Gasteiger partial charge in [-0.05, 0) is 38.0 Å². The molecule has 0 spiro atoms. The Kier molecular flexibility index (Phi) is 5.08. The van der Waals surface area contributed by atoms with Crippen molar-refractivity contribution in [3.8, 4) is 0 Å². The summed E-state index contributed by atoms with van der Waals surface area (Å²) in [5, 5.41) is 5.05. The third-order valence-electron chi connectivity index (χ3n) is 2.90. The molecule has 1 N–H and O–H groups in total. The monoisotopic (exact) mass is 329 g/mol. The number of aryl methyl sites for hydroxylation is 1. The van der Waals surface area contributed by atoms with Gasteiger partial charge in [0.1, 0.15) is 16.8 Å². The molecular weight excluding hydrogens is 317 g/mol. The van der Waals surface area contributed by atoms with Crippen molar-refractivity contribution >= 4 is 40.6 Å². The maximum Gasteiger partial charge on any atom is 0.137 e. The molecule has 1 aromatic heterocycles. The number of nitrogens with zero attached hydrogens (tertiary/aromatic N) is 2. The fraction of sp³-hybridized carbons (Fsp3) is 0.286. The summed E-state index contributed by atoms with van der Waals surface area (Å²) in [7, 11) is 0. The van der Waals surface area contributed by atoms with E-state index in [1.54, 1.807) is 6.07 Å². The van der Waals surface area contributed by atoms with E-state index in [9.17, 15) is 0 Å². The van der Waals surface area contributed by atoms with Crippen LogP contribution in [0.25, 0.3) is 0 Å². The lowest BCUT2D eigenvalue weighted by Gasteiger charge is -2.11. The zero-order chi connectivity index (χ0) is 14.7. The minimum Gasteiger partial charge on any atom is -0.369 e. The third kappa shape index (κ3) is 3.75. The van der Waals surface area contributed by atoms with Crippen molar-refractivity contribution in [1.82, 2.24) is 9.97 Å². The quantitative estimate of drug-likeness (QED) is 0.825. The molecule has 0 saturated heterocycles. The molecule has 1 aromatic carbocycles. The fourth-order valence-corrected chi connectivity index (χ4v) is 2.52. The van der Waals surface area contributed by atoms with E-state index < -0.39 is 0 Å². The predicted octanol–water partition coefficient (Wildman–Crippen LogP) is 4.71. The minimum absolute atomic E-state index is 0.476. The molecule has 0 bridgehead atoms. The largest absolute Gasteiger partial charge is 0.369 e. The lowest BCUT2D eigenvalue weighted by molar-refractivity contribution is 0.970. The number of rotatable bonds is 4. The van der Waals surface area contributed by atoms with Gasteiger partial charge >= 0.3 is 0 Å². The summed E-state index contributed by atoms with van der Waals surface area (Å²) in [6.45, 7) is 4.40. The van der Waals surface area contributed by atoms with E-state index in [4.69, 9.17) is 34.8 Å². The normalized spacial score (nSPS) is 10.7. The highest BCUT2D eigenvalue weighted by Gasteiger charge is 2.07. The Hall–Kier alpha value is -1.03. The van der Waals surface area contributed by atoms with Crippen molar-refractivity contribution in [2.75, 3.05) is 11.9 Å². The molecule has 106 valence electrons. The van der Waals surface area contributed by atoms with Gasteiger partial charge in [0.05, 0.1) is 0 Å². The van der Waals surface area contributed by atoms with Gasteiger partial charge in [0.15, 0.2) is 0 Å². The van der Waals surface area contributed by atoms with E-state index >= 15 is 0 Å². The summed E-state index contributed by atoms with van der Waals surface area (Å²) in [6.07, 6.45) is 0.774. The number of aromatic nitrogens is 2. The summed E-state index contributed by atoms with van der Waals surface area (Å²) in [4.78, 5) is 8.44. The summed E-state index contributed by atoms with van der Waals surface area (Å²) >= 11 is 18.0. The van der Waals surface area contributed by atoms with Crippen LogP contribution in [-0.2, 0) is 6.42 Å². The average molecular weight is 331 g/mol. The first kappa shape index (κ1) is 15.4. The maximum atomic E-state index is 6.13. The molecule has 6 heteroatoms. The second-order valence-electron chi connectivity index (χ2n) is 4.45. The highest BCUT2D eigenvalue weighted by atomic mass is 35.5. The highest BCUT2D eigenvalue weighted by molar-refractivity contribution is 6.35. The van der Waals surface area contributed by atoms with E-state index in [0.29, 0.717) is 27.6 Å². The van der Waals surface area contributed by atoms with Crippen LogP contribution in [0.5, 0.6) is 0 Å². The van der Waals surface area contributed by atoms with E-state index in [2.05, 4.69) is 15.3 Å². The minimum atomic E-state index is 0.476. The second-order valence-corrected chi connectivity index (χ2v) is 5.65. The van der Waals surface area contributed by atoms with Gasteiger partial charge in [-0.25, -0.2) is 9.97 Å². The van der Waals surface area contributed by atoms with E-state index in [1.807, 2.05) is 26.0 Å². The fourth-order valence-electron chi connectivity index (χ4n) is 1.81. The van der Waals surface area contributed by atoms with Gasteiger partial charge in [-0.2, -0.15) is 0 Å². The average Bonchev–Trinajstić information content (AvgIpc) is 2.37. The van der Waals surface area contributed by atoms with E-state index in [0.717, 1.165) is 23.4 Å². The molecule has 0 fully saturated rings. The van der Waals surface area contributed by atoms with Crippen molar-refractivity contribution in [1.29, 1.82) is 0 Å². The molecule has 3 nitrogen and oxygen atoms in total. The summed E-state index contributed by atoms with van der Waals surface area (Å²) < 4.78 is 0. The Labute approximate surface area is 133 Å². The molecule has 20 heavy (non-hydrogen) atoms. The van der Waals surface area contributed by atoms with Crippen molar-refractivity contribution in [3.05, 3.63) is 50.3 Å². The molecule has 0 aliphatic rings. The molecule has 2 aromatic rings. The Morgan fingerprint density at radius 2 is 1.85 bits per heavy atom. The van der Waals surface area contributed by atoms with Gasteiger partial charge in [-0.1, -0.05) is 40.9 Å². The first-order valence-electron chi connectivity index (χ1n) is 6.16. The molecule has 2 rings (SSSR count). The Morgan fingerprint density at radius 3 is 2.55 bits per heavy atom.